The van der Waals surface area contributed by atoms with E-state index >= 15 is 0 Å². The van der Waals surface area contributed by atoms with Gasteiger partial charge in [-0.25, -0.2) is 0 Å². The minimum absolute atomic E-state index is 0.358. The highest BCUT2D eigenvalue weighted by atomic mass is 16.5. The molecule has 0 aromatic heterocycles. The average Bonchev–Trinajstić information content (AvgIpc) is 2.24. The van der Waals surface area contributed by atoms with Gasteiger partial charge in [0.25, 0.3) is 0 Å². The quantitative estimate of drug-likeness (QED) is 0.667. The van der Waals surface area contributed by atoms with Gasteiger partial charge < -0.3 is 9.64 Å². The van der Waals surface area contributed by atoms with E-state index in [0.717, 1.165) is 18.4 Å². The molecule has 2 nitrogen and oxygen atoms in total. The van der Waals surface area contributed by atoms with Crippen molar-refractivity contribution >= 4 is 0 Å². The van der Waals surface area contributed by atoms with Gasteiger partial charge in [-0.3, -0.25) is 0 Å². The lowest BCUT2D eigenvalue weighted by Gasteiger charge is -2.24. The third-order valence-corrected chi connectivity index (χ3v) is 3.25. The predicted molar refractivity (Wildman–Crippen MR) is 55.8 cm³/mol. The second-order valence-corrected chi connectivity index (χ2v) is 4.73. The van der Waals surface area contributed by atoms with E-state index in [-0.39, 0.29) is 0 Å². The molecule has 2 heteroatoms. The summed E-state index contributed by atoms with van der Waals surface area (Å²) in [4.78, 5) is 2.43. The topological polar surface area (TPSA) is 12.5 Å². The molecule has 1 rings (SSSR count). The molecule has 0 N–H and O–H groups in total. The zero-order chi connectivity index (χ0) is 10.0. The first-order valence-corrected chi connectivity index (χ1v) is 5.34. The van der Waals surface area contributed by atoms with Crippen molar-refractivity contribution in [3.05, 3.63) is 0 Å². The maximum Gasteiger partial charge on any atom is 0.0627 e. The highest BCUT2D eigenvalue weighted by Crippen LogP contribution is 2.28. The van der Waals surface area contributed by atoms with E-state index in [9.17, 15) is 0 Å². The molecule has 0 unspecified atom stereocenters. The Kier molecular flexibility index (Phi) is 3.74. The number of hydrogen-bond acceptors (Lipinski definition) is 2. The van der Waals surface area contributed by atoms with E-state index in [4.69, 9.17) is 4.74 Å². The molecule has 13 heavy (non-hydrogen) atoms. The van der Waals surface area contributed by atoms with Crippen LogP contribution in [0.5, 0.6) is 0 Å². The summed E-state index contributed by atoms with van der Waals surface area (Å²) in [5.74, 6) is 1.58. The highest BCUT2D eigenvalue weighted by Gasteiger charge is 2.34. The van der Waals surface area contributed by atoms with Gasteiger partial charge in [0.15, 0.2) is 0 Å². The Morgan fingerprint density at radius 2 is 2.00 bits per heavy atom. The van der Waals surface area contributed by atoms with Gasteiger partial charge in [-0.05, 0) is 32.7 Å². The van der Waals surface area contributed by atoms with Gasteiger partial charge in [0, 0.05) is 12.6 Å². The molecule has 1 aliphatic rings. The largest absolute Gasteiger partial charge is 0.377 e. The van der Waals surface area contributed by atoms with Crippen molar-refractivity contribution in [1.82, 2.24) is 4.90 Å². The first-order chi connectivity index (χ1) is 6.02. The van der Waals surface area contributed by atoms with Gasteiger partial charge in [0.1, 0.15) is 0 Å². The van der Waals surface area contributed by atoms with Crippen molar-refractivity contribution in [2.75, 3.05) is 20.2 Å². The van der Waals surface area contributed by atoms with Crippen molar-refractivity contribution < 1.29 is 4.74 Å². The fraction of sp³-hybridized carbons (Fsp3) is 1.00. The molecule has 0 aromatic carbocycles. The second kappa shape index (κ2) is 4.43. The molecule has 3 atom stereocenters. The normalized spacial score (nSPS) is 36.0. The lowest BCUT2D eigenvalue weighted by Crippen LogP contribution is -2.34. The number of nitrogens with zero attached hydrogens (tertiary/aromatic N) is 1. The number of rotatable bonds is 3. The summed E-state index contributed by atoms with van der Waals surface area (Å²) < 4.78 is 5.67. The summed E-state index contributed by atoms with van der Waals surface area (Å²) >= 11 is 0. The third kappa shape index (κ3) is 2.68. The Balaban J connectivity index is 2.39. The van der Waals surface area contributed by atoms with E-state index < -0.39 is 0 Å². The molecule has 1 fully saturated rings. The summed E-state index contributed by atoms with van der Waals surface area (Å²) in [6.45, 7) is 11.0. The van der Waals surface area contributed by atoms with Crippen molar-refractivity contribution in [2.24, 2.45) is 11.8 Å². The lowest BCUT2D eigenvalue weighted by atomic mass is 9.95. The fourth-order valence-corrected chi connectivity index (χ4v) is 2.11. The number of hydrogen-bond donors (Lipinski definition) is 0. The van der Waals surface area contributed by atoms with Crippen LogP contribution in [0.25, 0.3) is 0 Å². The molecule has 0 bridgehead atoms. The van der Waals surface area contributed by atoms with Gasteiger partial charge in [-0.2, -0.15) is 0 Å². The molecule has 0 saturated carbocycles. The maximum atomic E-state index is 5.67. The van der Waals surface area contributed by atoms with Crippen LogP contribution in [0, 0.1) is 11.8 Å². The summed E-state index contributed by atoms with van der Waals surface area (Å²) in [5.41, 5.74) is 0. The molecule has 0 radical (unpaired) electrons. The van der Waals surface area contributed by atoms with Crippen molar-refractivity contribution in [1.29, 1.82) is 0 Å². The van der Waals surface area contributed by atoms with E-state index in [1.807, 2.05) is 0 Å². The summed E-state index contributed by atoms with van der Waals surface area (Å²) in [6.07, 6.45) is 0.358. The molecule has 1 heterocycles. The van der Waals surface area contributed by atoms with Crippen molar-refractivity contribution in [3.63, 3.8) is 0 Å². The highest BCUT2D eigenvalue weighted by molar-refractivity contribution is 4.86. The number of ether oxygens (including phenoxy) is 1. The Morgan fingerprint density at radius 3 is 2.38 bits per heavy atom. The van der Waals surface area contributed by atoms with Crippen LogP contribution in [0.2, 0.25) is 0 Å². The zero-order valence-electron chi connectivity index (χ0n) is 9.58. The molecular formula is C11H23NO. The van der Waals surface area contributed by atoms with Crippen LogP contribution in [0.4, 0.5) is 0 Å². The minimum Gasteiger partial charge on any atom is -0.377 e. The van der Waals surface area contributed by atoms with Gasteiger partial charge in [0.2, 0.25) is 0 Å². The number of likely N-dealkylation sites (N-methyl/N-ethyl adjacent to an activating group) is 1. The molecule has 0 amide bonds. The summed E-state index contributed by atoms with van der Waals surface area (Å²) in [7, 11) is 2.20. The van der Waals surface area contributed by atoms with E-state index in [1.165, 1.54) is 6.54 Å². The van der Waals surface area contributed by atoms with E-state index in [0.29, 0.717) is 12.1 Å². The lowest BCUT2D eigenvalue weighted by molar-refractivity contribution is 0.0337. The Hall–Kier alpha value is -0.0800. The molecule has 1 aliphatic heterocycles. The first-order valence-electron chi connectivity index (χ1n) is 5.34. The van der Waals surface area contributed by atoms with Gasteiger partial charge in [0.05, 0.1) is 12.7 Å². The minimum atomic E-state index is 0.358. The van der Waals surface area contributed by atoms with Crippen LogP contribution in [0.1, 0.15) is 27.7 Å². The van der Waals surface area contributed by atoms with Gasteiger partial charge in [-0.1, -0.05) is 13.8 Å². The smallest absolute Gasteiger partial charge is 0.0627 e. The van der Waals surface area contributed by atoms with Crippen molar-refractivity contribution in [2.45, 2.75) is 39.8 Å². The van der Waals surface area contributed by atoms with Crippen LogP contribution < -0.4 is 0 Å². The molecule has 78 valence electrons. The van der Waals surface area contributed by atoms with E-state index in [2.05, 4.69) is 39.6 Å². The van der Waals surface area contributed by atoms with Gasteiger partial charge in [-0.15, -0.1) is 0 Å². The van der Waals surface area contributed by atoms with Crippen LogP contribution in [0.3, 0.4) is 0 Å². The maximum absolute atomic E-state index is 5.67. The van der Waals surface area contributed by atoms with Crippen LogP contribution >= 0.6 is 0 Å². The monoisotopic (exact) mass is 185 g/mol. The zero-order valence-corrected chi connectivity index (χ0v) is 9.58. The van der Waals surface area contributed by atoms with Crippen LogP contribution in [0.15, 0.2) is 0 Å². The molecule has 0 spiro atoms. The SMILES string of the molecule is CC(C)OC[C@@H]1[C@H](C)[C@H](C)CN1C. The predicted octanol–water partition coefficient (Wildman–Crippen LogP) is 2.00. The average molecular weight is 185 g/mol. The van der Waals surface area contributed by atoms with E-state index in [1.54, 1.807) is 0 Å². The Labute approximate surface area is 82.3 Å². The fourth-order valence-electron chi connectivity index (χ4n) is 2.11. The summed E-state index contributed by atoms with van der Waals surface area (Å²) in [6, 6.07) is 0.623. The van der Waals surface area contributed by atoms with Crippen LogP contribution in [-0.4, -0.2) is 37.2 Å². The first kappa shape index (κ1) is 11.0. The number of likely N-dealkylation sites (tertiary alicyclic amines) is 1. The standard InChI is InChI=1S/C11H23NO/c1-8(2)13-7-11-10(4)9(3)6-12(11)5/h8-11H,6-7H2,1-5H3/t9-,10-,11-/m1/s1. The molecule has 1 saturated heterocycles. The molecular weight excluding hydrogens is 162 g/mol. The molecule has 0 aromatic rings. The Morgan fingerprint density at radius 1 is 1.38 bits per heavy atom. The summed E-state index contributed by atoms with van der Waals surface area (Å²) in [5, 5.41) is 0. The molecule has 0 aliphatic carbocycles. The van der Waals surface area contributed by atoms with Gasteiger partial charge >= 0.3 is 0 Å². The van der Waals surface area contributed by atoms with Crippen LogP contribution in [-0.2, 0) is 4.74 Å². The second-order valence-electron chi connectivity index (χ2n) is 4.73. The Bertz CT molecular complexity index is 158. The van der Waals surface area contributed by atoms with Crippen molar-refractivity contribution in [3.8, 4) is 0 Å². The third-order valence-electron chi connectivity index (χ3n) is 3.25.